The van der Waals surface area contributed by atoms with Crippen LogP contribution in [0, 0.1) is 40.4 Å². The lowest BCUT2D eigenvalue weighted by Crippen LogP contribution is -2.48. The predicted molar refractivity (Wildman–Crippen MR) is 131 cm³/mol. The van der Waals surface area contributed by atoms with Gasteiger partial charge in [-0.2, -0.15) is 0 Å². The van der Waals surface area contributed by atoms with Gasteiger partial charge in [-0.15, -0.1) is 0 Å². The Hall–Kier alpha value is -1.57. The molecule has 0 heterocycles. The van der Waals surface area contributed by atoms with E-state index in [1.807, 2.05) is 30.3 Å². The minimum atomic E-state index is -0.922. The van der Waals surface area contributed by atoms with Gasteiger partial charge in [0, 0.05) is 6.08 Å². The third-order valence-corrected chi connectivity index (χ3v) is 9.44. The lowest BCUT2D eigenvalue weighted by atomic mass is 9.48. The van der Waals surface area contributed by atoms with Gasteiger partial charge in [-0.05, 0) is 84.2 Å². The molecule has 4 rings (SSSR count). The summed E-state index contributed by atoms with van der Waals surface area (Å²) < 4.78 is 0. The normalized spacial score (nSPS) is 37.0. The predicted octanol–water partition coefficient (Wildman–Crippen LogP) is 8.09. The topological polar surface area (TPSA) is 37.3 Å². The van der Waals surface area contributed by atoms with E-state index in [0.29, 0.717) is 10.8 Å². The van der Waals surface area contributed by atoms with Gasteiger partial charge in [0.25, 0.3) is 0 Å². The van der Waals surface area contributed by atoms with Crippen molar-refractivity contribution in [3.63, 3.8) is 0 Å². The van der Waals surface area contributed by atoms with Crippen molar-refractivity contribution in [2.24, 2.45) is 40.4 Å². The molecule has 0 spiro atoms. The van der Waals surface area contributed by atoms with Crippen LogP contribution in [0.4, 0.5) is 0 Å². The zero-order valence-corrected chi connectivity index (χ0v) is 20.4. The first-order valence-corrected chi connectivity index (χ1v) is 12.6. The summed E-state index contributed by atoms with van der Waals surface area (Å²) in [7, 11) is 0. The largest absolute Gasteiger partial charge is 0.478 e. The first-order chi connectivity index (χ1) is 14.6. The van der Waals surface area contributed by atoms with Gasteiger partial charge in [0.1, 0.15) is 0 Å². The summed E-state index contributed by atoms with van der Waals surface area (Å²) in [6, 6.07) is 9.31. The Morgan fingerprint density at radius 3 is 2.29 bits per heavy atom. The lowest BCUT2D eigenvalue weighted by molar-refractivity contribution is -0.131. The Kier molecular flexibility index (Phi) is 7.71. The van der Waals surface area contributed by atoms with Crippen molar-refractivity contribution in [1.29, 1.82) is 0 Å². The highest BCUT2D eigenvalue weighted by Gasteiger charge is 2.50. The highest BCUT2D eigenvalue weighted by molar-refractivity contribution is 5.85. The summed E-state index contributed by atoms with van der Waals surface area (Å²) in [6.45, 7) is 12.9. The van der Waals surface area contributed by atoms with Gasteiger partial charge in [-0.1, -0.05) is 84.2 Å². The summed E-state index contributed by atoms with van der Waals surface area (Å²) in [5, 5.41) is 8.29. The first-order valence-electron chi connectivity index (χ1n) is 12.6. The number of carboxylic acid groups (broad SMARTS) is 1. The Balaban J connectivity index is 0.000000210. The zero-order chi connectivity index (χ0) is 22.6. The van der Waals surface area contributed by atoms with Crippen LogP contribution in [0.2, 0.25) is 0 Å². The molecule has 0 amide bonds. The molecule has 2 heteroatoms. The van der Waals surface area contributed by atoms with Crippen LogP contribution in [-0.2, 0) is 4.79 Å². The summed E-state index contributed by atoms with van der Waals surface area (Å²) in [6.07, 6.45) is 14.7. The van der Waals surface area contributed by atoms with Crippen LogP contribution in [0.15, 0.2) is 36.4 Å². The Morgan fingerprint density at radius 2 is 1.61 bits per heavy atom. The second-order valence-electron chi connectivity index (χ2n) is 11.7. The molecule has 3 aliphatic rings. The number of carboxylic acids is 1. The highest BCUT2D eigenvalue weighted by Crippen LogP contribution is 2.60. The Morgan fingerprint density at radius 1 is 0.935 bits per heavy atom. The maximum atomic E-state index is 10.1. The number of carbonyl (C=O) groups is 1. The number of hydrogen-bond donors (Lipinski definition) is 1. The summed E-state index contributed by atoms with van der Waals surface area (Å²) in [5.74, 6) is 4.00. The highest BCUT2D eigenvalue weighted by atomic mass is 16.4. The maximum Gasteiger partial charge on any atom is 0.328 e. The number of rotatable bonds is 2. The Bertz CT molecular complexity index is 749. The summed E-state index contributed by atoms with van der Waals surface area (Å²) >= 11 is 0. The van der Waals surface area contributed by atoms with E-state index in [0.717, 1.165) is 41.2 Å². The summed E-state index contributed by atoms with van der Waals surface area (Å²) in [5.41, 5.74) is 2.16. The quantitative estimate of drug-likeness (QED) is 0.487. The fourth-order valence-corrected chi connectivity index (χ4v) is 7.40. The standard InChI is InChI=1S/C20H36.C9H8O2/c1-14-7-6-11-20(5)12-10-17-15(2)8-9-16(13-18(14)20)19(17,3)4;10-9(11)7-6-8-4-2-1-3-5-8/h14-18H,6-13H2,1-5H3;1-7H,(H,10,11)/b;7-6+/t14-,15-,16+,17+,18-,20+;/m1./s1. The SMILES string of the molecule is C[C@@H]1CCC[C@@]2(C)CC[C@H]3[C@H](C)CC[C@@H](C[C@H]12)C3(C)C.O=C(O)/C=C/c1ccccc1. The van der Waals surface area contributed by atoms with Gasteiger partial charge < -0.3 is 5.11 Å². The van der Waals surface area contributed by atoms with Crippen LogP contribution in [-0.4, -0.2) is 11.1 Å². The molecule has 172 valence electrons. The van der Waals surface area contributed by atoms with E-state index in [9.17, 15) is 4.79 Å². The molecule has 3 fully saturated rings. The van der Waals surface area contributed by atoms with Crippen molar-refractivity contribution in [3.05, 3.63) is 42.0 Å². The molecule has 3 saturated carbocycles. The minimum absolute atomic E-state index is 0.593. The van der Waals surface area contributed by atoms with E-state index >= 15 is 0 Å². The molecule has 1 aromatic rings. The molecule has 1 aromatic carbocycles. The first kappa shape index (κ1) is 24.1. The number of hydrogen-bond acceptors (Lipinski definition) is 1. The molecule has 0 aromatic heterocycles. The Labute approximate surface area is 190 Å². The lowest BCUT2D eigenvalue weighted by Gasteiger charge is -2.57. The van der Waals surface area contributed by atoms with E-state index in [1.54, 1.807) is 6.08 Å². The fraction of sp³-hybridized carbons (Fsp3) is 0.690. The number of fused-ring (bicyclic) bond motifs is 3. The third-order valence-electron chi connectivity index (χ3n) is 9.44. The third kappa shape index (κ3) is 5.62. The van der Waals surface area contributed by atoms with Crippen molar-refractivity contribution in [2.45, 2.75) is 86.0 Å². The van der Waals surface area contributed by atoms with Crippen LogP contribution in [0.5, 0.6) is 0 Å². The number of aliphatic carboxylic acids is 1. The van der Waals surface area contributed by atoms with Gasteiger partial charge >= 0.3 is 5.97 Å². The average molecular weight is 425 g/mol. The van der Waals surface area contributed by atoms with Crippen molar-refractivity contribution in [1.82, 2.24) is 0 Å². The van der Waals surface area contributed by atoms with Crippen molar-refractivity contribution in [3.8, 4) is 0 Å². The molecule has 0 saturated heterocycles. The van der Waals surface area contributed by atoms with E-state index in [4.69, 9.17) is 5.11 Å². The van der Waals surface area contributed by atoms with E-state index in [1.165, 1.54) is 51.4 Å². The minimum Gasteiger partial charge on any atom is -0.478 e. The average Bonchev–Trinajstić information content (AvgIpc) is 2.71. The van der Waals surface area contributed by atoms with Gasteiger partial charge in [-0.25, -0.2) is 4.79 Å². The van der Waals surface area contributed by atoms with Crippen LogP contribution < -0.4 is 0 Å². The van der Waals surface area contributed by atoms with Crippen LogP contribution in [0.1, 0.15) is 91.5 Å². The van der Waals surface area contributed by atoms with Crippen LogP contribution >= 0.6 is 0 Å². The molecule has 0 aliphatic heterocycles. The fourth-order valence-electron chi connectivity index (χ4n) is 7.40. The van der Waals surface area contributed by atoms with Crippen molar-refractivity contribution >= 4 is 12.0 Å². The molecule has 0 unspecified atom stereocenters. The maximum absolute atomic E-state index is 10.1. The van der Waals surface area contributed by atoms with E-state index in [-0.39, 0.29) is 0 Å². The number of benzene rings is 1. The van der Waals surface area contributed by atoms with E-state index < -0.39 is 5.97 Å². The van der Waals surface area contributed by atoms with Crippen LogP contribution in [0.3, 0.4) is 0 Å². The van der Waals surface area contributed by atoms with E-state index in [2.05, 4.69) is 34.6 Å². The molecule has 3 aliphatic carbocycles. The zero-order valence-electron chi connectivity index (χ0n) is 20.4. The van der Waals surface area contributed by atoms with Crippen molar-refractivity contribution in [2.75, 3.05) is 0 Å². The molecule has 1 N–H and O–H groups in total. The summed E-state index contributed by atoms with van der Waals surface area (Å²) in [4.78, 5) is 10.1. The molecule has 2 bridgehead atoms. The smallest absolute Gasteiger partial charge is 0.328 e. The molecular formula is C29H44O2. The van der Waals surface area contributed by atoms with Gasteiger partial charge in [0.15, 0.2) is 0 Å². The van der Waals surface area contributed by atoms with Crippen LogP contribution in [0.25, 0.3) is 6.08 Å². The molecule has 2 nitrogen and oxygen atoms in total. The second-order valence-corrected chi connectivity index (χ2v) is 11.7. The van der Waals surface area contributed by atoms with Crippen molar-refractivity contribution < 1.29 is 9.90 Å². The molecule has 31 heavy (non-hydrogen) atoms. The molecular weight excluding hydrogens is 380 g/mol. The second kappa shape index (κ2) is 9.92. The molecule has 0 radical (unpaired) electrons. The van der Waals surface area contributed by atoms with Gasteiger partial charge in [0.2, 0.25) is 0 Å². The monoisotopic (exact) mass is 424 g/mol. The van der Waals surface area contributed by atoms with Gasteiger partial charge in [-0.3, -0.25) is 0 Å². The van der Waals surface area contributed by atoms with Gasteiger partial charge in [0.05, 0.1) is 0 Å². The molecule has 6 atom stereocenters.